The number of hydrogen-bond acceptors (Lipinski definition) is 2. The summed E-state index contributed by atoms with van der Waals surface area (Å²) in [6.07, 6.45) is 2.54. The molecule has 82 valence electrons. The van der Waals surface area contributed by atoms with Gasteiger partial charge >= 0.3 is 0 Å². The Bertz CT molecular complexity index is 321. The predicted molar refractivity (Wildman–Crippen MR) is 67.0 cm³/mol. The molecule has 1 aromatic rings. The zero-order valence-corrected chi connectivity index (χ0v) is 10.5. The van der Waals surface area contributed by atoms with Crippen molar-refractivity contribution in [1.29, 1.82) is 0 Å². The molecule has 0 amide bonds. The largest absolute Gasteiger partial charge is 0.312 e. The van der Waals surface area contributed by atoms with E-state index in [9.17, 15) is 0 Å². The van der Waals surface area contributed by atoms with Crippen LogP contribution in [-0.4, -0.2) is 19.6 Å². The second kappa shape index (κ2) is 5.10. The van der Waals surface area contributed by atoms with E-state index in [1.165, 1.54) is 22.9 Å². The van der Waals surface area contributed by atoms with Crippen molar-refractivity contribution in [3.05, 3.63) is 34.3 Å². The van der Waals surface area contributed by atoms with Crippen LogP contribution in [0.3, 0.4) is 0 Å². The van der Waals surface area contributed by atoms with E-state index >= 15 is 0 Å². The minimum Gasteiger partial charge on any atom is -0.312 e. The van der Waals surface area contributed by atoms with E-state index in [1.807, 2.05) is 7.05 Å². The van der Waals surface area contributed by atoms with E-state index in [2.05, 4.69) is 50.8 Å². The van der Waals surface area contributed by atoms with Crippen LogP contribution in [0.4, 0.5) is 0 Å². The summed E-state index contributed by atoms with van der Waals surface area (Å²) in [5.41, 5.74) is 1.35. The number of benzene rings is 1. The fourth-order valence-corrected chi connectivity index (χ4v) is 2.83. The van der Waals surface area contributed by atoms with E-state index in [4.69, 9.17) is 0 Å². The molecule has 3 heteroatoms. The molecule has 1 aliphatic rings. The van der Waals surface area contributed by atoms with Gasteiger partial charge in [-0.2, -0.15) is 0 Å². The molecule has 1 aromatic carbocycles. The van der Waals surface area contributed by atoms with Crippen molar-refractivity contribution in [3.8, 4) is 0 Å². The van der Waals surface area contributed by atoms with Crippen LogP contribution in [0, 0.1) is 0 Å². The Labute approximate surface area is 99.6 Å². The van der Waals surface area contributed by atoms with Crippen LogP contribution in [0.2, 0.25) is 0 Å². The lowest BCUT2D eigenvalue weighted by Gasteiger charge is -2.24. The molecule has 1 saturated heterocycles. The summed E-state index contributed by atoms with van der Waals surface area (Å²) in [6, 6.07) is 9.42. The maximum Gasteiger partial charge on any atom is 0.0484 e. The van der Waals surface area contributed by atoms with Crippen molar-refractivity contribution in [2.24, 2.45) is 0 Å². The summed E-state index contributed by atoms with van der Waals surface area (Å²) in [5.74, 6) is 0. The summed E-state index contributed by atoms with van der Waals surface area (Å²) in [6.45, 7) is 1.15. The fraction of sp³-hybridized carbons (Fsp3) is 0.500. The molecule has 0 radical (unpaired) electrons. The third-order valence-electron chi connectivity index (χ3n) is 3.05. The Kier molecular flexibility index (Phi) is 3.78. The van der Waals surface area contributed by atoms with Gasteiger partial charge in [0.05, 0.1) is 0 Å². The van der Waals surface area contributed by atoms with E-state index in [0.717, 1.165) is 6.54 Å². The second-order valence-corrected chi connectivity index (χ2v) is 4.85. The first-order valence-corrected chi connectivity index (χ1v) is 6.27. The molecule has 0 aromatic heterocycles. The van der Waals surface area contributed by atoms with Gasteiger partial charge in [0, 0.05) is 16.6 Å². The minimum absolute atomic E-state index is 0.406. The summed E-state index contributed by atoms with van der Waals surface area (Å²) < 4.78 is 1.19. The molecule has 2 nitrogen and oxygen atoms in total. The standard InChI is InChI=1S/C12H17BrN2/c1-14-12(11-7-4-8-15-11)9-5-2-3-6-10(9)13/h2-3,5-6,11-12,14-15H,4,7-8H2,1H3. The number of nitrogens with one attached hydrogen (secondary N) is 2. The van der Waals surface area contributed by atoms with Gasteiger partial charge in [-0.3, -0.25) is 0 Å². The normalized spacial score (nSPS) is 22.9. The van der Waals surface area contributed by atoms with E-state index in [-0.39, 0.29) is 0 Å². The number of likely N-dealkylation sites (N-methyl/N-ethyl adjacent to an activating group) is 1. The highest BCUT2D eigenvalue weighted by molar-refractivity contribution is 9.10. The molecule has 2 atom stereocenters. The molecule has 1 heterocycles. The summed E-state index contributed by atoms with van der Waals surface area (Å²) >= 11 is 3.62. The van der Waals surface area contributed by atoms with Gasteiger partial charge in [-0.25, -0.2) is 0 Å². The third-order valence-corrected chi connectivity index (χ3v) is 3.77. The first kappa shape index (κ1) is 11.1. The van der Waals surface area contributed by atoms with Gasteiger partial charge in [0.25, 0.3) is 0 Å². The Morgan fingerprint density at radius 2 is 2.27 bits per heavy atom. The molecule has 2 unspecified atom stereocenters. The van der Waals surface area contributed by atoms with E-state index < -0.39 is 0 Å². The molecule has 0 saturated carbocycles. The Morgan fingerprint density at radius 3 is 2.87 bits per heavy atom. The minimum atomic E-state index is 0.406. The van der Waals surface area contributed by atoms with Crippen molar-refractivity contribution in [2.45, 2.75) is 24.9 Å². The van der Waals surface area contributed by atoms with Gasteiger partial charge in [0.2, 0.25) is 0 Å². The zero-order chi connectivity index (χ0) is 10.7. The average molecular weight is 269 g/mol. The highest BCUT2D eigenvalue weighted by Gasteiger charge is 2.25. The van der Waals surface area contributed by atoms with Crippen LogP contribution in [0.5, 0.6) is 0 Å². The predicted octanol–water partition coefficient (Wildman–Crippen LogP) is 2.46. The molecule has 15 heavy (non-hydrogen) atoms. The van der Waals surface area contributed by atoms with Gasteiger partial charge in [0.1, 0.15) is 0 Å². The van der Waals surface area contributed by atoms with Crippen molar-refractivity contribution in [2.75, 3.05) is 13.6 Å². The first-order valence-electron chi connectivity index (χ1n) is 5.48. The van der Waals surface area contributed by atoms with E-state index in [1.54, 1.807) is 0 Å². The lowest BCUT2D eigenvalue weighted by molar-refractivity contribution is 0.439. The molecule has 0 bridgehead atoms. The first-order chi connectivity index (χ1) is 7.33. The summed E-state index contributed by atoms with van der Waals surface area (Å²) in [7, 11) is 2.03. The van der Waals surface area contributed by atoms with Gasteiger partial charge in [0.15, 0.2) is 0 Å². The number of hydrogen-bond donors (Lipinski definition) is 2. The van der Waals surface area contributed by atoms with Crippen molar-refractivity contribution in [1.82, 2.24) is 10.6 Å². The van der Waals surface area contributed by atoms with Crippen LogP contribution in [0.25, 0.3) is 0 Å². The molecule has 1 aliphatic heterocycles. The van der Waals surface area contributed by atoms with Gasteiger partial charge in [-0.05, 0) is 38.1 Å². The average Bonchev–Trinajstić information content (AvgIpc) is 2.75. The van der Waals surface area contributed by atoms with Crippen molar-refractivity contribution in [3.63, 3.8) is 0 Å². The smallest absolute Gasteiger partial charge is 0.0484 e. The zero-order valence-electron chi connectivity index (χ0n) is 8.96. The third kappa shape index (κ3) is 2.41. The van der Waals surface area contributed by atoms with Crippen LogP contribution in [0.15, 0.2) is 28.7 Å². The molecule has 1 fully saturated rings. The quantitative estimate of drug-likeness (QED) is 0.880. The number of rotatable bonds is 3. The Morgan fingerprint density at radius 1 is 1.47 bits per heavy atom. The SMILES string of the molecule is CNC(c1ccccc1Br)C1CCCN1. The molecular weight excluding hydrogens is 252 g/mol. The maximum atomic E-state index is 3.62. The summed E-state index contributed by atoms with van der Waals surface area (Å²) in [5, 5.41) is 6.96. The molecular formula is C12H17BrN2. The fourth-order valence-electron chi connectivity index (χ4n) is 2.30. The van der Waals surface area contributed by atoms with Crippen molar-refractivity contribution < 1.29 is 0 Å². The van der Waals surface area contributed by atoms with Gasteiger partial charge in [-0.15, -0.1) is 0 Å². The molecule has 0 aliphatic carbocycles. The molecule has 2 rings (SSSR count). The molecule has 2 N–H and O–H groups in total. The second-order valence-electron chi connectivity index (χ2n) is 3.99. The van der Waals surface area contributed by atoms with Crippen LogP contribution in [-0.2, 0) is 0 Å². The van der Waals surface area contributed by atoms with E-state index in [0.29, 0.717) is 12.1 Å². The molecule has 0 spiro atoms. The monoisotopic (exact) mass is 268 g/mol. The van der Waals surface area contributed by atoms with Crippen LogP contribution < -0.4 is 10.6 Å². The Hall–Kier alpha value is -0.380. The highest BCUT2D eigenvalue weighted by atomic mass is 79.9. The van der Waals surface area contributed by atoms with Gasteiger partial charge < -0.3 is 10.6 Å². The maximum absolute atomic E-state index is 3.62. The van der Waals surface area contributed by atoms with Crippen molar-refractivity contribution >= 4 is 15.9 Å². The lowest BCUT2D eigenvalue weighted by atomic mass is 9.98. The highest BCUT2D eigenvalue weighted by Crippen LogP contribution is 2.28. The van der Waals surface area contributed by atoms with Crippen LogP contribution in [0.1, 0.15) is 24.4 Å². The Balaban J connectivity index is 2.22. The lowest BCUT2D eigenvalue weighted by Crippen LogP contribution is -2.36. The van der Waals surface area contributed by atoms with Gasteiger partial charge in [-0.1, -0.05) is 34.1 Å². The van der Waals surface area contributed by atoms with Crippen LogP contribution >= 0.6 is 15.9 Å². The number of halogens is 1. The topological polar surface area (TPSA) is 24.1 Å². The summed E-state index contributed by atoms with van der Waals surface area (Å²) in [4.78, 5) is 0.